The van der Waals surface area contributed by atoms with E-state index in [1.807, 2.05) is 12.1 Å². The molecule has 0 saturated heterocycles. The minimum Gasteiger partial charge on any atom is -0.496 e. The quantitative estimate of drug-likeness (QED) is 0.638. The van der Waals surface area contributed by atoms with Crippen molar-refractivity contribution in [3.05, 3.63) is 57.8 Å². The normalized spacial score (nSPS) is 12.6. The van der Waals surface area contributed by atoms with Gasteiger partial charge in [-0.3, -0.25) is 4.79 Å². The molecule has 0 aromatic heterocycles. The predicted molar refractivity (Wildman–Crippen MR) is 96.5 cm³/mol. The fourth-order valence-electron chi connectivity index (χ4n) is 2.45. The predicted octanol–water partition coefficient (Wildman–Crippen LogP) is 4.84. The van der Waals surface area contributed by atoms with Crippen LogP contribution >= 0.6 is 15.9 Å². The zero-order valence-corrected chi connectivity index (χ0v) is 15.7. The third kappa shape index (κ3) is 5.46. The van der Waals surface area contributed by atoms with Gasteiger partial charge in [-0.25, -0.2) is 4.39 Å². The summed E-state index contributed by atoms with van der Waals surface area (Å²) in [6.07, 6.45) is 2.45. The lowest BCUT2D eigenvalue weighted by Gasteiger charge is -2.15. The highest BCUT2D eigenvalue weighted by molar-refractivity contribution is 9.10. The molecule has 0 spiro atoms. The Morgan fingerprint density at radius 2 is 1.92 bits per heavy atom. The van der Waals surface area contributed by atoms with Crippen LogP contribution in [-0.4, -0.2) is 20.7 Å². The topological polar surface area (TPSA) is 44.8 Å². The molecule has 3 rings (SSSR count). The molecule has 1 saturated carbocycles. The summed E-state index contributed by atoms with van der Waals surface area (Å²) in [5.74, 6) is 1.81. The van der Waals surface area contributed by atoms with E-state index in [1.54, 1.807) is 13.2 Å². The molecule has 0 atom stereocenters. The summed E-state index contributed by atoms with van der Waals surface area (Å²) in [6.45, 7) is 0.792. The van der Waals surface area contributed by atoms with Gasteiger partial charge in [-0.05, 0) is 64.5 Å². The molecule has 0 radical (unpaired) electrons. The lowest BCUT2D eigenvalue weighted by atomic mass is 10.0. The van der Waals surface area contributed by atoms with Crippen molar-refractivity contribution >= 4 is 22.4 Å². The van der Waals surface area contributed by atoms with E-state index in [0.717, 1.165) is 11.3 Å². The molecule has 6 heteroatoms. The summed E-state index contributed by atoms with van der Waals surface area (Å²) in [4.78, 5) is 8.95. The van der Waals surface area contributed by atoms with Crippen molar-refractivity contribution in [1.82, 2.24) is 0 Å². The highest BCUT2D eigenvalue weighted by Crippen LogP contribution is 2.44. The van der Waals surface area contributed by atoms with Gasteiger partial charge in [-0.2, -0.15) is 0 Å². The number of benzene rings is 2. The third-order valence-electron chi connectivity index (χ3n) is 3.77. The smallest absolute Gasteiger partial charge is 0.292 e. The Hall–Kier alpha value is -2.08. The lowest BCUT2D eigenvalue weighted by Crippen LogP contribution is -2.03. The Balaban J connectivity index is 0.000000511. The first-order valence-corrected chi connectivity index (χ1v) is 8.60. The monoisotopic (exact) mass is 410 g/mol. The molecular weight excluding hydrogens is 391 g/mol. The second kappa shape index (κ2) is 9.42. The van der Waals surface area contributed by atoms with Crippen LogP contribution in [0.25, 0.3) is 0 Å². The molecule has 2 aromatic rings. The minimum absolute atomic E-state index is 0.287. The minimum atomic E-state index is -0.287. The number of ether oxygens (including phenoxy) is 3. The first-order valence-electron chi connectivity index (χ1n) is 7.80. The third-order valence-corrected chi connectivity index (χ3v) is 4.39. The zero-order chi connectivity index (χ0) is 18.2. The Labute approximate surface area is 155 Å². The summed E-state index contributed by atoms with van der Waals surface area (Å²) >= 11 is 3.32. The van der Waals surface area contributed by atoms with Gasteiger partial charge in [-0.1, -0.05) is 12.1 Å². The Kier molecular flexibility index (Phi) is 7.25. The maximum absolute atomic E-state index is 13.1. The van der Waals surface area contributed by atoms with Crippen LogP contribution in [0.15, 0.2) is 40.9 Å². The Morgan fingerprint density at radius 1 is 1.20 bits per heavy atom. The summed E-state index contributed by atoms with van der Waals surface area (Å²) in [5.41, 5.74) is 2.38. The van der Waals surface area contributed by atoms with Gasteiger partial charge in [0.25, 0.3) is 6.47 Å². The number of halogens is 2. The van der Waals surface area contributed by atoms with Gasteiger partial charge in [0.1, 0.15) is 23.9 Å². The Bertz CT molecular complexity index is 717. The summed E-state index contributed by atoms with van der Waals surface area (Å²) in [7, 11) is 2.98. The molecule has 0 N–H and O–H groups in total. The molecule has 134 valence electrons. The number of rotatable bonds is 6. The van der Waals surface area contributed by atoms with Crippen LogP contribution < -0.4 is 9.47 Å². The van der Waals surface area contributed by atoms with Crippen molar-refractivity contribution in [3.8, 4) is 11.5 Å². The molecule has 0 aliphatic heterocycles. The number of carbonyl (C=O) groups is 1. The van der Waals surface area contributed by atoms with Crippen LogP contribution in [0.5, 0.6) is 11.5 Å². The largest absolute Gasteiger partial charge is 0.496 e. The molecule has 0 amide bonds. The van der Waals surface area contributed by atoms with Crippen LogP contribution in [0.1, 0.15) is 29.9 Å². The van der Waals surface area contributed by atoms with E-state index in [-0.39, 0.29) is 5.82 Å². The first-order chi connectivity index (χ1) is 12.1. The number of hydrogen-bond donors (Lipinski definition) is 0. The maximum atomic E-state index is 13.1. The van der Waals surface area contributed by atoms with Gasteiger partial charge < -0.3 is 14.2 Å². The zero-order valence-electron chi connectivity index (χ0n) is 14.1. The van der Waals surface area contributed by atoms with Gasteiger partial charge in [0.05, 0.1) is 18.7 Å². The van der Waals surface area contributed by atoms with E-state index in [1.165, 1.54) is 37.6 Å². The molecule has 4 nitrogen and oxygen atoms in total. The second-order valence-electron chi connectivity index (χ2n) is 5.50. The van der Waals surface area contributed by atoms with E-state index in [0.29, 0.717) is 29.2 Å². The molecule has 25 heavy (non-hydrogen) atoms. The van der Waals surface area contributed by atoms with Gasteiger partial charge >= 0.3 is 0 Å². The summed E-state index contributed by atoms with van der Waals surface area (Å²) < 4.78 is 28.9. The Morgan fingerprint density at radius 3 is 2.48 bits per heavy atom. The maximum Gasteiger partial charge on any atom is 0.292 e. The van der Waals surface area contributed by atoms with E-state index < -0.39 is 0 Å². The molecule has 0 bridgehead atoms. The fourth-order valence-corrected chi connectivity index (χ4v) is 2.91. The molecular formula is C19H20BrFO4. The van der Waals surface area contributed by atoms with E-state index in [2.05, 4.69) is 26.7 Å². The molecule has 0 unspecified atom stereocenters. The van der Waals surface area contributed by atoms with E-state index in [4.69, 9.17) is 14.3 Å². The van der Waals surface area contributed by atoms with Gasteiger partial charge in [0, 0.05) is 5.56 Å². The highest BCUT2D eigenvalue weighted by atomic mass is 79.9. The molecule has 1 aliphatic rings. The standard InChI is InChI=1S/C17H16BrFO2.C2H4O2/c1-20-16-4-2-3-13(11-5-6-11)14(16)10-21-17-8-7-12(19)9-15(17)18;1-4-2-3/h2-4,7-9,11H,5-6,10H2,1H3;2H,1H3. The number of methoxy groups -OCH3 is 2. The summed E-state index contributed by atoms with van der Waals surface area (Å²) in [6, 6.07) is 10.5. The molecule has 1 aliphatic carbocycles. The SMILES string of the molecule is COC=O.COc1cccc(C2CC2)c1COc1ccc(F)cc1Br. The second-order valence-corrected chi connectivity index (χ2v) is 6.35. The average molecular weight is 411 g/mol. The molecule has 2 aromatic carbocycles. The van der Waals surface area contributed by atoms with E-state index >= 15 is 0 Å². The van der Waals surface area contributed by atoms with Crippen LogP contribution in [0.4, 0.5) is 4.39 Å². The first kappa shape index (κ1) is 19.2. The number of hydrogen-bond acceptors (Lipinski definition) is 4. The average Bonchev–Trinajstić information content (AvgIpc) is 3.46. The van der Waals surface area contributed by atoms with Gasteiger partial charge in [0.2, 0.25) is 0 Å². The van der Waals surface area contributed by atoms with Crippen LogP contribution in [0.2, 0.25) is 0 Å². The van der Waals surface area contributed by atoms with Crippen LogP contribution in [0.3, 0.4) is 0 Å². The summed E-state index contributed by atoms with van der Waals surface area (Å²) in [5, 5.41) is 0. The van der Waals surface area contributed by atoms with Gasteiger partial charge in [-0.15, -0.1) is 0 Å². The van der Waals surface area contributed by atoms with Crippen molar-refractivity contribution < 1.29 is 23.4 Å². The van der Waals surface area contributed by atoms with Crippen molar-refractivity contribution in [2.45, 2.75) is 25.4 Å². The van der Waals surface area contributed by atoms with Gasteiger partial charge in [0.15, 0.2) is 0 Å². The van der Waals surface area contributed by atoms with Crippen molar-refractivity contribution in [2.24, 2.45) is 0 Å². The number of carbonyl (C=O) groups excluding carboxylic acids is 1. The van der Waals surface area contributed by atoms with Crippen LogP contribution in [-0.2, 0) is 16.1 Å². The van der Waals surface area contributed by atoms with Crippen molar-refractivity contribution in [3.63, 3.8) is 0 Å². The van der Waals surface area contributed by atoms with Crippen molar-refractivity contribution in [2.75, 3.05) is 14.2 Å². The fraction of sp³-hybridized carbons (Fsp3) is 0.316. The highest BCUT2D eigenvalue weighted by Gasteiger charge is 2.27. The lowest BCUT2D eigenvalue weighted by molar-refractivity contribution is -0.126. The van der Waals surface area contributed by atoms with E-state index in [9.17, 15) is 4.39 Å². The molecule has 1 fully saturated rings. The van der Waals surface area contributed by atoms with Crippen molar-refractivity contribution in [1.29, 1.82) is 0 Å². The molecule has 0 heterocycles. The van der Waals surface area contributed by atoms with Crippen LogP contribution in [0, 0.1) is 5.82 Å².